The molecule has 0 spiro atoms. The predicted molar refractivity (Wildman–Crippen MR) is 140 cm³/mol. The van der Waals surface area contributed by atoms with Crippen LogP contribution >= 0.6 is 0 Å². The summed E-state index contributed by atoms with van der Waals surface area (Å²) in [4.78, 5) is 15.5. The van der Waals surface area contributed by atoms with Crippen LogP contribution in [0.25, 0.3) is 0 Å². The second kappa shape index (κ2) is 13.5. The lowest BCUT2D eigenvalue weighted by Gasteiger charge is -2.28. The van der Waals surface area contributed by atoms with E-state index in [0.717, 1.165) is 38.4 Å². The highest BCUT2D eigenvalue weighted by Gasteiger charge is 2.26. The maximum Gasteiger partial charge on any atom is 0.224 e. The van der Waals surface area contributed by atoms with Gasteiger partial charge < -0.3 is 10.2 Å². The summed E-state index contributed by atoms with van der Waals surface area (Å²) in [5, 5.41) is 3.70. The van der Waals surface area contributed by atoms with Gasteiger partial charge in [0.1, 0.15) is 5.82 Å². The zero-order chi connectivity index (χ0) is 22.7. The molecule has 4 rings (SSSR count). The quantitative estimate of drug-likeness (QED) is 0.371. The molecule has 1 aromatic heterocycles. The van der Waals surface area contributed by atoms with E-state index in [-0.39, 0.29) is 0 Å². The molecule has 0 radical (unpaired) electrons. The number of anilines is 2. The lowest BCUT2D eigenvalue weighted by atomic mass is 9.96. The van der Waals surface area contributed by atoms with Crippen molar-refractivity contribution in [3.63, 3.8) is 0 Å². The van der Waals surface area contributed by atoms with Crippen molar-refractivity contribution < 1.29 is 0 Å². The van der Waals surface area contributed by atoms with Gasteiger partial charge in [0.25, 0.3) is 0 Å². The van der Waals surface area contributed by atoms with Crippen LogP contribution in [0.2, 0.25) is 0 Å². The summed E-state index contributed by atoms with van der Waals surface area (Å²) >= 11 is 0. The molecule has 2 aliphatic heterocycles. The van der Waals surface area contributed by atoms with E-state index in [1.54, 1.807) is 0 Å². The molecule has 1 atom stereocenters. The minimum absolute atomic E-state index is 0.645. The first-order valence-electron chi connectivity index (χ1n) is 14.5. The Kier molecular flexibility index (Phi) is 10.1. The third-order valence-electron chi connectivity index (χ3n) is 8.11. The molecule has 3 aliphatic rings. The van der Waals surface area contributed by atoms with Gasteiger partial charge in [0.2, 0.25) is 5.95 Å². The van der Waals surface area contributed by atoms with Gasteiger partial charge >= 0.3 is 0 Å². The van der Waals surface area contributed by atoms with E-state index >= 15 is 0 Å². The Bertz CT molecular complexity index is 698. The summed E-state index contributed by atoms with van der Waals surface area (Å²) in [5.74, 6) is 2.15. The number of unbranched alkanes of at least 4 members (excludes halogenated alkanes) is 6. The van der Waals surface area contributed by atoms with Crippen LogP contribution in [-0.2, 0) is 12.8 Å². The Morgan fingerprint density at radius 1 is 0.788 bits per heavy atom. The Balaban J connectivity index is 1.31. The van der Waals surface area contributed by atoms with Gasteiger partial charge in [0.05, 0.1) is 5.69 Å². The van der Waals surface area contributed by atoms with Gasteiger partial charge in [-0.25, -0.2) is 4.98 Å². The normalized spacial score (nSPS) is 21.7. The molecule has 0 saturated carbocycles. The summed E-state index contributed by atoms with van der Waals surface area (Å²) < 4.78 is 0. The van der Waals surface area contributed by atoms with Crippen LogP contribution in [0.1, 0.15) is 114 Å². The second-order valence-electron chi connectivity index (χ2n) is 10.7. The fourth-order valence-corrected chi connectivity index (χ4v) is 6.10. The lowest BCUT2D eigenvalue weighted by Crippen LogP contribution is -2.36. The first-order chi connectivity index (χ1) is 16.3. The summed E-state index contributed by atoms with van der Waals surface area (Å²) in [6.45, 7) is 8.16. The van der Waals surface area contributed by atoms with Crippen molar-refractivity contribution in [1.29, 1.82) is 0 Å². The van der Waals surface area contributed by atoms with Gasteiger partial charge in [0, 0.05) is 31.2 Å². The largest absolute Gasteiger partial charge is 0.356 e. The van der Waals surface area contributed by atoms with Gasteiger partial charge in [-0.3, -0.25) is 4.90 Å². The molecule has 5 nitrogen and oxygen atoms in total. The van der Waals surface area contributed by atoms with Crippen LogP contribution in [0.5, 0.6) is 0 Å². The zero-order valence-corrected chi connectivity index (χ0v) is 21.4. The number of nitrogens with zero attached hydrogens (tertiary/aromatic N) is 4. The Morgan fingerprint density at radius 2 is 1.55 bits per heavy atom. The monoisotopic (exact) mass is 455 g/mol. The standard InChI is InChI=1S/C28H49N5/c1-2-3-4-5-6-7-12-19-32-22-15-16-24(32)23-29-28-30-26-18-11-10-17-25(26)27(31-28)33-20-13-8-9-14-21-33/h24H,2-23H2,1H3,(H,29,30,31). The van der Waals surface area contributed by atoms with Crippen molar-refractivity contribution in [1.82, 2.24) is 14.9 Å². The van der Waals surface area contributed by atoms with Crippen molar-refractivity contribution in [2.24, 2.45) is 0 Å². The number of likely N-dealkylation sites (tertiary alicyclic amines) is 1. The summed E-state index contributed by atoms with van der Waals surface area (Å²) in [6.07, 6.45) is 22.6. The number of aromatic nitrogens is 2. The van der Waals surface area contributed by atoms with Crippen molar-refractivity contribution in [2.75, 3.05) is 42.9 Å². The summed E-state index contributed by atoms with van der Waals surface area (Å²) in [7, 11) is 0. The zero-order valence-electron chi connectivity index (χ0n) is 21.4. The third kappa shape index (κ3) is 7.31. The third-order valence-corrected chi connectivity index (χ3v) is 8.11. The van der Waals surface area contributed by atoms with Crippen LogP contribution in [0, 0.1) is 0 Å². The van der Waals surface area contributed by atoms with Gasteiger partial charge in [-0.05, 0) is 70.9 Å². The maximum absolute atomic E-state index is 5.13. The minimum Gasteiger partial charge on any atom is -0.356 e. The van der Waals surface area contributed by atoms with Crippen LogP contribution in [0.4, 0.5) is 11.8 Å². The van der Waals surface area contributed by atoms with E-state index in [1.165, 1.54) is 126 Å². The molecule has 2 fully saturated rings. The molecule has 1 aliphatic carbocycles. The van der Waals surface area contributed by atoms with Crippen molar-refractivity contribution in [3.05, 3.63) is 11.3 Å². The van der Waals surface area contributed by atoms with E-state index in [0.29, 0.717) is 6.04 Å². The average molecular weight is 456 g/mol. The highest BCUT2D eigenvalue weighted by atomic mass is 15.2. The first kappa shape index (κ1) is 24.8. The average Bonchev–Trinajstić information content (AvgIpc) is 3.11. The fourth-order valence-electron chi connectivity index (χ4n) is 6.10. The molecule has 1 aromatic rings. The molecule has 0 aromatic carbocycles. The molecular formula is C28H49N5. The van der Waals surface area contributed by atoms with E-state index in [2.05, 4.69) is 22.0 Å². The molecule has 1 N–H and O–H groups in total. The molecule has 3 heterocycles. The molecule has 1 unspecified atom stereocenters. The van der Waals surface area contributed by atoms with Gasteiger partial charge in [-0.15, -0.1) is 0 Å². The number of hydrogen-bond donors (Lipinski definition) is 1. The van der Waals surface area contributed by atoms with Crippen molar-refractivity contribution in [2.45, 2.75) is 122 Å². The van der Waals surface area contributed by atoms with E-state index in [9.17, 15) is 0 Å². The van der Waals surface area contributed by atoms with Crippen LogP contribution in [0.3, 0.4) is 0 Å². The highest BCUT2D eigenvalue weighted by Crippen LogP contribution is 2.31. The highest BCUT2D eigenvalue weighted by molar-refractivity contribution is 5.54. The molecule has 0 amide bonds. The topological polar surface area (TPSA) is 44.3 Å². The smallest absolute Gasteiger partial charge is 0.224 e. The van der Waals surface area contributed by atoms with Gasteiger partial charge in [-0.1, -0.05) is 58.3 Å². The summed E-state index contributed by atoms with van der Waals surface area (Å²) in [5.41, 5.74) is 2.78. The second-order valence-corrected chi connectivity index (χ2v) is 10.7. The Morgan fingerprint density at radius 3 is 2.36 bits per heavy atom. The minimum atomic E-state index is 0.645. The van der Waals surface area contributed by atoms with Crippen molar-refractivity contribution >= 4 is 11.8 Å². The number of nitrogens with one attached hydrogen (secondary N) is 1. The number of fused-ring (bicyclic) bond motifs is 1. The van der Waals surface area contributed by atoms with E-state index < -0.39 is 0 Å². The molecular weight excluding hydrogens is 406 g/mol. The first-order valence-corrected chi connectivity index (χ1v) is 14.5. The van der Waals surface area contributed by atoms with Crippen LogP contribution < -0.4 is 10.2 Å². The fraction of sp³-hybridized carbons (Fsp3) is 0.857. The van der Waals surface area contributed by atoms with Crippen molar-refractivity contribution in [3.8, 4) is 0 Å². The lowest BCUT2D eigenvalue weighted by molar-refractivity contribution is 0.256. The SMILES string of the molecule is CCCCCCCCCN1CCCC1CNc1nc2c(c(N3CCCCCC3)n1)CCCC2. The van der Waals surface area contributed by atoms with Gasteiger partial charge in [-0.2, -0.15) is 4.98 Å². The number of rotatable bonds is 12. The van der Waals surface area contributed by atoms with Gasteiger partial charge in [0.15, 0.2) is 0 Å². The molecule has 5 heteroatoms. The summed E-state index contributed by atoms with van der Waals surface area (Å²) in [6, 6.07) is 0.645. The van der Waals surface area contributed by atoms with Crippen LogP contribution in [-0.4, -0.2) is 53.6 Å². The molecule has 33 heavy (non-hydrogen) atoms. The molecule has 0 bridgehead atoms. The van der Waals surface area contributed by atoms with E-state index in [4.69, 9.17) is 9.97 Å². The van der Waals surface area contributed by atoms with Crippen LogP contribution in [0.15, 0.2) is 0 Å². The number of aryl methyl sites for hydroxylation is 1. The Labute approximate surface area is 203 Å². The molecule has 2 saturated heterocycles. The number of hydrogen-bond acceptors (Lipinski definition) is 5. The maximum atomic E-state index is 5.13. The Hall–Kier alpha value is -1.36. The predicted octanol–water partition coefficient (Wildman–Crippen LogP) is 6.36. The molecule has 186 valence electrons. The van der Waals surface area contributed by atoms with E-state index in [1.807, 2.05) is 0 Å².